The maximum absolute atomic E-state index is 6.12. The van der Waals surface area contributed by atoms with Gasteiger partial charge in [-0.15, -0.1) is 0 Å². The van der Waals surface area contributed by atoms with Crippen LogP contribution in [0.4, 0.5) is 5.82 Å². The Morgan fingerprint density at radius 2 is 1.63 bits per heavy atom. The summed E-state index contributed by atoms with van der Waals surface area (Å²) in [6, 6.07) is 20.9. The molecule has 0 fully saturated rings. The van der Waals surface area contributed by atoms with Gasteiger partial charge in [-0.1, -0.05) is 6.07 Å². The number of pyridine rings is 1. The zero-order chi connectivity index (χ0) is 18.6. The Hall–Kier alpha value is -3.60. The molecule has 0 aliphatic rings. The van der Waals surface area contributed by atoms with Crippen LogP contribution < -0.4 is 14.8 Å². The largest absolute Gasteiger partial charge is 0.497 e. The van der Waals surface area contributed by atoms with Crippen molar-refractivity contribution in [3.63, 3.8) is 0 Å². The summed E-state index contributed by atoms with van der Waals surface area (Å²) in [6.07, 6.45) is 1.72. The lowest BCUT2D eigenvalue weighted by Crippen LogP contribution is -2.04. The van der Waals surface area contributed by atoms with Gasteiger partial charge < -0.3 is 13.9 Å². The number of aromatic nitrogens is 1. The molecule has 2 aromatic heterocycles. The van der Waals surface area contributed by atoms with Gasteiger partial charge in [0.2, 0.25) is 0 Å². The lowest BCUT2D eigenvalue weighted by Gasteiger charge is -2.07. The van der Waals surface area contributed by atoms with Crippen LogP contribution in [0.25, 0.3) is 22.3 Å². The number of hydrogen-bond acceptors (Lipinski definition) is 5. The first-order valence-electron chi connectivity index (χ1n) is 8.49. The van der Waals surface area contributed by atoms with Crippen molar-refractivity contribution in [2.45, 2.75) is 0 Å². The van der Waals surface area contributed by atoms with Crippen LogP contribution in [0.1, 0.15) is 0 Å². The van der Waals surface area contributed by atoms with Gasteiger partial charge in [-0.2, -0.15) is 0 Å². The van der Waals surface area contributed by atoms with E-state index in [0.717, 1.165) is 33.4 Å². The van der Waals surface area contributed by atoms with E-state index in [1.165, 1.54) is 0 Å². The van der Waals surface area contributed by atoms with E-state index in [-0.39, 0.29) is 0 Å². The summed E-state index contributed by atoms with van der Waals surface area (Å²) >= 11 is 0. The van der Waals surface area contributed by atoms with Gasteiger partial charge in [0.1, 0.15) is 22.8 Å². The second-order valence-electron chi connectivity index (χ2n) is 5.89. The Morgan fingerprint density at radius 1 is 0.852 bits per heavy atom. The van der Waals surface area contributed by atoms with Gasteiger partial charge in [0, 0.05) is 23.2 Å². The van der Waals surface area contributed by atoms with Gasteiger partial charge in [0.25, 0.3) is 0 Å². The highest BCUT2D eigenvalue weighted by molar-refractivity contribution is 5.80. The molecule has 134 valence electrons. The van der Waals surface area contributed by atoms with E-state index in [4.69, 9.17) is 18.9 Å². The van der Waals surface area contributed by atoms with Crippen LogP contribution in [0.15, 0.2) is 82.3 Å². The number of hydrogen-bond donors (Lipinski definition) is 0. The molecule has 0 aliphatic heterocycles. The Labute approximate surface area is 156 Å². The van der Waals surface area contributed by atoms with Gasteiger partial charge in [-0.25, -0.2) is 9.98 Å². The summed E-state index contributed by atoms with van der Waals surface area (Å²) in [5.74, 6) is 2.88. The molecule has 0 saturated carbocycles. The third kappa shape index (κ3) is 3.53. The highest BCUT2D eigenvalue weighted by atomic mass is 16.5. The second kappa shape index (κ2) is 7.33. The molecule has 5 nitrogen and oxygen atoms in total. The number of ether oxygens (including phenoxy) is 2. The highest BCUT2D eigenvalue weighted by Crippen LogP contribution is 2.26. The Kier molecular flexibility index (Phi) is 4.58. The first kappa shape index (κ1) is 16.8. The standard InChI is InChI=1S/C22H18N2O3/c1-25-16-8-6-15(7-9-16)21-14-19(24-22-5-3-4-12-23-22)18-13-17(26-2)10-11-20(18)27-21/h3-14H,1-2H3. The Bertz CT molecular complexity index is 1130. The molecule has 4 aromatic rings. The maximum Gasteiger partial charge on any atom is 0.152 e. The van der Waals surface area contributed by atoms with Crippen LogP contribution in [-0.2, 0) is 0 Å². The molecular formula is C22H18N2O3. The molecule has 0 N–H and O–H groups in total. The zero-order valence-electron chi connectivity index (χ0n) is 15.0. The van der Waals surface area contributed by atoms with E-state index in [0.29, 0.717) is 11.6 Å². The van der Waals surface area contributed by atoms with Gasteiger partial charge in [0.05, 0.1) is 19.6 Å². The average molecular weight is 358 g/mol. The fourth-order valence-electron chi connectivity index (χ4n) is 2.81. The van der Waals surface area contributed by atoms with E-state index in [9.17, 15) is 0 Å². The first-order chi connectivity index (χ1) is 13.3. The van der Waals surface area contributed by atoms with Gasteiger partial charge in [0.15, 0.2) is 5.82 Å². The van der Waals surface area contributed by atoms with E-state index in [1.807, 2.05) is 66.7 Å². The third-order valence-corrected chi connectivity index (χ3v) is 4.21. The fraction of sp³-hybridized carbons (Fsp3) is 0.0909. The molecule has 0 unspecified atom stereocenters. The van der Waals surface area contributed by atoms with Crippen LogP contribution in [-0.4, -0.2) is 19.2 Å². The predicted molar refractivity (Wildman–Crippen MR) is 104 cm³/mol. The van der Waals surface area contributed by atoms with Crippen LogP contribution in [0.5, 0.6) is 11.5 Å². The molecule has 0 atom stereocenters. The highest BCUT2D eigenvalue weighted by Gasteiger charge is 2.08. The summed E-state index contributed by atoms with van der Waals surface area (Å²) in [7, 11) is 3.28. The molecule has 0 amide bonds. The molecular weight excluding hydrogens is 340 g/mol. The van der Waals surface area contributed by atoms with Crippen molar-refractivity contribution in [1.29, 1.82) is 0 Å². The summed E-state index contributed by atoms with van der Waals surface area (Å²) in [6.45, 7) is 0. The van der Waals surface area contributed by atoms with Crippen LogP contribution in [0, 0.1) is 0 Å². The van der Waals surface area contributed by atoms with Crippen molar-refractivity contribution >= 4 is 16.8 Å². The molecule has 0 bridgehead atoms. The summed E-state index contributed by atoms with van der Waals surface area (Å²) < 4.78 is 16.7. The lowest BCUT2D eigenvalue weighted by atomic mass is 10.1. The van der Waals surface area contributed by atoms with Crippen molar-refractivity contribution in [1.82, 2.24) is 4.98 Å². The molecule has 0 spiro atoms. The van der Waals surface area contributed by atoms with Crippen LogP contribution in [0.3, 0.4) is 0 Å². The third-order valence-electron chi connectivity index (χ3n) is 4.21. The van der Waals surface area contributed by atoms with Crippen molar-refractivity contribution in [2.75, 3.05) is 14.2 Å². The fourth-order valence-corrected chi connectivity index (χ4v) is 2.81. The minimum absolute atomic E-state index is 0.633. The second-order valence-corrected chi connectivity index (χ2v) is 5.89. The predicted octanol–water partition coefficient (Wildman–Crippen LogP) is 4.74. The van der Waals surface area contributed by atoms with E-state index < -0.39 is 0 Å². The number of rotatable bonds is 4. The van der Waals surface area contributed by atoms with Crippen molar-refractivity contribution in [3.05, 3.63) is 78.3 Å². The van der Waals surface area contributed by atoms with Crippen molar-refractivity contribution < 1.29 is 13.9 Å². The normalized spacial score (nSPS) is 11.6. The topological polar surface area (TPSA) is 56.9 Å². The summed E-state index contributed by atoms with van der Waals surface area (Å²) in [5, 5.41) is 1.62. The summed E-state index contributed by atoms with van der Waals surface area (Å²) in [4.78, 5) is 9.02. The van der Waals surface area contributed by atoms with Gasteiger partial charge in [-0.3, -0.25) is 0 Å². The van der Waals surface area contributed by atoms with Crippen LogP contribution >= 0.6 is 0 Å². The maximum atomic E-state index is 6.12. The first-order valence-corrected chi connectivity index (χ1v) is 8.49. The van der Waals surface area contributed by atoms with Crippen LogP contribution in [0.2, 0.25) is 0 Å². The molecule has 0 saturated heterocycles. The molecule has 0 radical (unpaired) electrons. The zero-order valence-corrected chi connectivity index (χ0v) is 15.0. The molecule has 2 aromatic carbocycles. The SMILES string of the molecule is COc1ccc(-c2cc(=Nc3ccccn3)c3cc(OC)ccc3o2)cc1. The van der Waals surface area contributed by atoms with E-state index >= 15 is 0 Å². The smallest absolute Gasteiger partial charge is 0.152 e. The molecule has 27 heavy (non-hydrogen) atoms. The monoisotopic (exact) mass is 358 g/mol. The van der Waals surface area contributed by atoms with E-state index in [2.05, 4.69) is 4.98 Å². The quantitative estimate of drug-likeness (QED) is 0.528. The Balaban J connectivity index is 1.95. The number of nitrogens with zero attached hydrogens (tertiary/aromatic N) is 2. The summed E-state index contributed by atoms with van der Waals surface area (Å²) in [5.41, 5.74) is 1.66. The molecule has 4 rings (SSSR count). The molecule has 5 heteroatoms. The van der Waals surface area contributed by atoms with E-state index in [1.54, 1.807) is 20.4 Å². The Morgan fingerprint density at radius 3 is 2.33 bits per heavy atom. The van der Waals surface area contributed by atoms with Crippen molar-refractivity contribution in [2.24, 2.45) is 4.99 Å². The van der Waals surface area contributed by atoms with Gasteiger partial charge in [-0.05, 0) is 54.6 Å². The molecule has 2 heterocycles. The van der Waals surface area contributed by atoms with Gasteiger partial charge >= 0.3 is 0 Å². The lowest BCUT2D eigenvalue weighted by molar-refractivity contribution is 0.414. The number of methoxy groups -OCH3 is 2. The number of benzene rings is 2. The molecule has 0 aliphatic carbocycles. The minimum atomic E-state index is 0.633. The minimum Gasteiger partial charge on any atom is -0.497 e. The average Bonchev–Trinajstić information content (AvgIpc) is 2.74. The van der Waals surface area contributed by atoms with Crippen molar-refractivity contribution in [3.8, 4) is 22.8 Å². The number of fused-ring (bicyclic) bond motifs is 1.